The Labute approximate surface area is 179 Å². The summed E-state index contributed by atoms with van der Waals surface area (Å²) in [6.45, 7) is 0. The van der Waals surface area contributed by atoms with Gasteiger partial charge in [-0.2, -0.15) is 0 Å². The van der Waals surface area contributed by atoms with Crippen molar-refractivity contribution in [2.45, 2.75) is 0 Å². The number of aromatic hydroxyl groups is 2. The summed E-state index contributed by atoms with van der Waals surface area (Å²) in [6.07, 6.45) is 4.54. The lowest BCUT2D eigenvalue weighted by molar-refractivity contribution is -0.150. The Bertz CT molecular complexity index is 960. The Morgan fingerprint density at radius 2 is 1.19 bits per heavy atom. The van der Waals surface area contributed by atoms with Gasteiger partial charge in [-0.15, -0.1) is 0 Å². The van der Waals surface area contributed by atoms with Gasteiger partial charge in [0.25, 0.3) is 0 Å². The fraction of sp³-hybridized carbons (Fsp3) is 0.174. The minimum Gasteiger partial charge on any atom is -0.504 e. The van der Waals surface area contributed by atoms with Gasteiger partial charge < -0.3 is 24.4 Å². The maximum atomic E-state index is 12.6. The van der Waals surface area contributed by atoms with E-state index in [1.165, 1.54) is 50.6 Å². The lowest BCUT2D eigenvalue weighted by Crippen LogP contribution is -2.30. The monoisotopic (exact) mass is 426 g/mol. The van der Waals surface area contributed by atoms with Crippen molar-refractivity contribution in [1.82, 2.24) is 0 Å². The van der Waals surface area contributed by atoms with Gasteiger partial charge in [0, 0.05) is 11.1 Å². The Kier molecular flexibility index (Phi) is 7.96. The third-order valence-corrected chi connectivity index (χ3v) is 4.36. The number of ketones is 2. The van der Waals surface area contributed by atoms with Crippen LogP contribution in [0.3, 0.4) is 0 Å². The van der Waals surface area contributed by atoms with Crippen molar-refractivity contribution in [1.29, 1.82) is 0 Å². The molecule has 0 aliphatic heterocycles. The molecule has 2 rings (SSSR count). The number of allylic oxidation sites excluding steroid dienone is 2. The molecule has 0 bridgehead atoms. The fourth-order valence-electron chi connectivity index (χ4n) is 2.70. The Balaban J connectivity index is 2.28. The molecule has 0 atom stereocenters. The number of hydrogen-bond donors (Lipinski definition) is 2. The zero-order valence-corrected chi connectivity index (χ0v) is 17.2. The summed E-state index contributed by atoms with van der Waals surface area (Å²) in [6, 6.07) is 9.34. The highest BCUT2D eigenvalue weighted by Gasteiger charge is 2.31. The first-order valence-corrected chi connectivity index (χ1v) is 9.07. The number of para-hydroxylation sites is 2. The second-order valence-corrected chi connectivity index (χ2v) is 6.22. The van der Waals surface area contributed by atoms with Crippen molar-refractivity contribution in [2.75, 3.05) is 21.3 Å². The Morgan fingerprint density at radius 3 is 1.55 bits per heavy atom. The molecule has 0 fully saturated rings. The van der Waals surface area contributed by atoms with E-state index in [0.717, 1.165) is 19.3 Å². The average Bonchev–Trinajstić information content (AvgIpc) is 2.77. The van der Waals surface area contributed by atoms with Gasteiger partial charge in [-0.05, 0) is 36.4 Å². The maximum Gasteiger partial charge on any atom is 0.324 e. The van der Waals surface area contributed by atoms with Gasteiger partial charge in [0.2, 0.25) is 0 Å². The molecule has 2 N–H and O–H groups in total. The number of phenols is 2. The number of ether oxygens (including phenoxy) is 3. The van der Waals surface area contributed by atoms with Gasteiger partial charge >= 0.3 is 5.97 Å². The van der Waals surface area contributed by atoms with Gasteiger partial charge in [-0.1, -0.05) is 24.3 Å². The van der Waals surface area contributed by atoms with Gasteiger partial charge in [-0.3, -0.25) is 14.4 Å². The first kappa shape index (κ1) is 23.2. The van der Waals surface area contributed by atoms with E-state index >= 15 is 0 Å². The van der Waals surface area contributed by atoms with Crippen LogP contribution in [-0.4, -0.2) is 49.1 Å². The molecule has 0 aliphatic carbocycles. The molecule has 8 heteroatoms. The summed E-state index contributed by atoms with van der Waals surface area (Å²) >= 11 is 0. The molecule has 0 spiro atoms. The number of benzene rings is 2. The largest absolute Gasteiger partial charge is 0.504 e. The number of carbonyl (C=O) groups excluding carboxylic acids is 3. The lowest BCUT2D eigenvalue weighted by atomic mass is 9.97. The van der Waals surface area contributed by atoms with E-state index in [1.54, 1.807) is 12.1 Å². The van der Waals surface area contributed by atoms with Crippen molar-refractivity contribution < 1.29 is 38.8 Å². The van der Waals surface area contributed by atoms with E-state index in [0.29, 0.717) is 0 Å². The molecule has 0 saturated heterocycles. The summed E-state index contributed by atoms with van der Waals surface area (Å²) in [5, 5.41) is 20.2. The fourth-order valence-corrected chi connectivity index (χ4v) is 2.70. The van der Waals surface area contributed by atoms with Crippen LogP contribution in [-0.2, 0) is 19.1 Å². The summed E-state index contributed by atoms with van der Waals surface area (Å²) in [5.74, 6) is -4.41. The van der Waals surface area contributed by atoms with Gasteiger partial charge in [-0.25, -0.2) is 0 Å². The second kappa shape index (κ2) is 10.6. The van der Waals surface area contributed by atoms with Crippen LogP contribution in [0.1, 0.15) is 11.1 Å². The third kappa shape index (κ3) is 5.51. The molecule has 0 aliphatic rings. The summed E-state index contributed by atoms with van der Waals surface area (Å²) in [7, 11) is 3.82. The maximum absolute atomic E-state index is 12.6. The number of esters is 1. The highest BCUT2D eigenvalue weighted by Crippen LogP contribution is 2.31. The normalized spacial score (nSPS) is 11.1. The topological polar surface area (TPSA) is 119 Å². The third-order valence-electron chi connectivity index (χ3n) is 4.36. The summed E-state index contributed by atoms with van der Waals surface area (Å²) < 4.78 is 14.6. The smallest absolute Gasteiger partial charge is 0.324 e. The molecular formula is C23H22O8. The molecule has 2 aromatic carbocycles. The van der Waals surface area contributed by atoms with Gasteiger partial charge in [0.1, 0.15) is 0 Å². The van der Waals surface area contributed by atoms with Crippen molar-refractivity contribution in [3.63, 3.8) is 0 Å². The molecule has 0 amide bonds. The molecule has 8 nitrogen and oxygen atoms in total. The van der Waals surface area contributed by atoms with Crippen molar-refractivity contribution in [3.05, 3.63) is 59.7 Å². The van der Waals surface area contributed by atoms with Crippen LogP contribution in [0, 0.1) is 5.92 Å². The van der Waals surface area contributed by atoms with Crippen LogP contribution in [0.2, 0.25) is 0 Å². The molecule has 0 aromatic heterocycles. The molecule has 0 unspecified atom stereocenters. The first-order valence-electron chi connectivity index (χ1n) is 9.07. The summed E-state index contributed by atoms with van der Waals surface area (Å²) in [5.41, 5.74) is 0.529. The van der Waals surface area contributed by atoms with Gasteiger partial charge in [0.15, 0.2) is 40.5 Å². The van der Waals surface area contributed by atoms with E-state index in [1.807, 2.05) is 0 Å². The minimum atomic E-state index is -1.74. The van der Waals surface area contributed by atoms with Crippen molar-refractivity contribution >= 4 is 29.7 Å². The van der Waals surface area contributed by atoms with Crippen LogP contribution < -0.4 is 9.47 Å². The molecule has 2 aromatic rings. The molecule has 0 heterocycles. The van der Waals surface area contributed by atoms with E-state index < -0.39 is 23.5 Å². The number of carbonyl (C=O) groups is 3. The molecular weight excluding hydrogens is 404 g/mol. The van der Waals surface area contributed by atoms with E-state index in [2.05, 4.69) is 4.74 Å². The van der Waals surface area contributed by atoms with Gasteiger partial charge in [0.05, 0.1) is 21.3 Å². The number of rotatable bonds is 9. The molecule has 0 saturated carbocycles. The number of hydrogen-bond acceptors (Lipinski definition) is 8. The second-order valence-electron chi connectivity index (χ2n) is 6.22. The standard InChI is InChI=1S/C23H22O8/c1-29-18-8-4-6-14(21(18)26)10-12-16(24)20(23(28)31-3)17(25)13-11-15-7-5-9-19(30-2)22(15)27/h4-13,20,26-27H,1-3H3/b12-10+,13-11+. The Hall–Kier alpha value is -4.07. The van der Waals surface area contributed by atoms with Crippen LogP contribution in [0.4, 0.5) is 0 Å². The van der Waals surface area contributed by atoms with E-state index in [-0.39, 0.29) is 34.1 Å². The molecule has 31 heavy (non-hydrogen) atoms. The molecule has 0 radical (unpaired) electrons. The van der Waals surface area contributed by atoms with Crippen LogP contribution in [0.5, 0.6) is 23.0 Å². The van der Waals surface area contributed by atoms with Crippen molar-refractivity contribution in [3.8, 4) is 23.0 Å². The first-order chi connectivity index (χ1) is 14.8. The summed E-state index contributed by atoms with van der Waals surface area (Å²) in [4.78, 5) is 37.2. The highest BCUT2D eigenvalue weighted by molar-refractivity contribution is 6.24. The molecule has 162 valence electrons. The van der Waals surface area contributed by atoms with E-state index in [4.69, 9.17) is 9.47 Å². The minimum absolute atomic E-state index is 0.191. The lowest BCUT2D eigenvalue weighted by Gasteiger charge is -2.09. The van der Waals surface area contributed by atoms with Crippen LogP contribution in [0.15, 0.2) is 48.6 Å². The SMILES string of the molecule is COC(=O)C(C(=O)/C=C/c1cccc(OC)c1O)C(=O)/C=C/c1cccc(OC)c1O. The quantitative estimate of drug-likeness (QED) is 0.357. The predicted molar refractivity (Wildman–Crippen MR) is 113 cm³/mol. The van der Waals surface area contributed by atoms with E-state index in [9.17, 15) is 24.6 Å². The Morgan fingerprint density at radius 1 is 0.774 bits per heavy atom. The number of methoxy groups -OCH3 is 3. The van der Waals surface area contributed by atoms with Crippen LogP contribution >= 0.6 is 0 Å². The zero-order chi connectivity index (χ0) is 23.0. The predicted octanol–water partition coefficient (Wildman–Crippen LogP) is 2.77. The average molecular weight is 426 g/mol. The highest BCUT2D eigenvalue weighted by atomic mass is 16.5. The number of phenolic OH excluding ortho intramolecular Hbond substituents is 2. The van der Waals surface area contributed by atoms with Crippen molar-refractivity contribution in [2.24, 2.45) is 5.92 Å². The van der Waals surface area contributed by atoms with Crippen LogP contribution in [0.25, 0.3) is 12.2 Å². The zero-order valence-electron chi connectivity index (χ0n) is 17.2.